The molecule has 3 unspecified atom stereocenters. The molecule has 5 heteroatoms. The number of hydrogen-bond donors (Lipinski definition) is 2. The van der Waals surface area contributed by atoms with E-state index in [0.29, 0.717) is 19.4 Å². The molecule has 2 rings (SSSR count). The minimum Gasteiger partial charge on any atom is -0.380 e. The van der Waals surface area contributed by atoms with Gasteiger partial charge in [0.2, 0.25) is 5.91 Å². The van der Waals surface area contributed by atoms with Gasteiger partial charge in [-0.2, -0.15) is 0 Å². The molecule has 2 N–H and O–H groups in total. The van der Waals surface area contributed by atoms with Crippen LogP contribution in [-0.2, 0) is 16.0 Å². The van der Waals surface area contributed by atoms with Gasteiger partial charge in [-0.15, -0.1) is 0 Å². The molecule has 0 radical (unpaired) electrons. The molecule has 0 saturated carbocycles. The Bertz CT molecular complexity index is 450. The van der Waals surface area contributed by atoms with Crippen LogP contribution in [-0.4, -0.2) is 37.7 Å². The van der Waals surface area contributed by atoms with Crippen molar-refractivity contribution in [2.75, 3.05) is 13.7 Å². The lowest BCUT2D eigenvalue weighted by Gasteiger charge is -2.17. The predicted octanol–water partition coefficient (Wildman–Crippen LogP) is 1.25. The van der Waals surface area contributed by atoms with Gasteiger partial charge in [-0.25, -0.2) is 4.39 Å². The Morgan fingerprint density at radius 1 is 1.50 bits per heavy atom. The standard InChI is InChI=1S/C15H21FN2O2/c1-10(7-11-3-5-12(16)6-4-11)18-15(19)14-8-13(20-2)9-17-14/h3-6,10,13-14,17H,7-9H2,1-2H3,(H,18,19). The number of benzene rings is 1. The van der Waals surface area contributed by atoms with Crippen molar-refractivity contribution in [2.45, 2.75) is 38.0 Å². The molecule has 0 aliphatic carbocycles. The van der Waals surface area contributed by atoms with E-state index in [-0.39, 0.29) is 29.9 Å². The van der Waals surface area contributed by atoms with E-state index in [1.165, 1.54) is 12.1 Å². The van der Waals surface area contributed by atoms with Crippen LogP contribution in [0.15, 0.2) is 24.3 Å². The van der Waals surface area contributed by atoms with E-state index in [4.69, 9.17) is 4.74 Å². The van der Waals surface area contributed by atoms with E-state index < -0.39 is 0 Å². The van der Waals surface area contributed by atoms with Crippen LogP contribution in [0.1, 0.15) is 18.9 Å². The zero-order valence-electron chi connectivity index (χ0n) is 11.9. The summed E-state index contributed by atoms with van der Waals surface area (Å²) in [7, 11) is 1.66. The van der Waals surface area contributed by atoms with E-state index in [1.54, 1.807) is 19.2 Å². The minimum atomic E-state index is -0.244. The monoisotopic (exact) mass is 280 g/mol. The molecule has 1 aromatic rings. The lowest BCUT2D eigenvalue weighted by Crippen LogP contribution is -2.44. The molecule has 0 spiro atoms. The number of nitrogens with one attached hydrogen (secondary N) is 2. The number of halogens is 1. The first-order chi connectivity index (χ1) is 9.58. The highest BCUT2D eigenvalue weighted by Gasteiger charge is 2.29. The molecular weight excluding hydrogens is 259 g/mol. The van der Waals surface area contributed by atoms with Crippen molar-refractivity contribution >= 4 is 5.91 Å². The molecule has 1 aliphatic rings. The van der Waals surface area contributed by atoms with Crippen LogP contribution in [0.2, 0.25) is 0 Å². The number of ether oxygens (including phenoxy) is 1. The molecule has 1 aliphatic heterocycles. The van der Waals surface area contributed by atoms with Crippen LogP contribution in [0.4, 0.5) is 4.39 Å². The summed E-state index contributed by atoms with van der Waals surface area (Å²) in [6.45, 7) is 2.66. The number of amides is 1. The van der Waals surface area contributed by atoms with Gasteiger partial charge >= 0.3 is 0 Å². The minimum absolute atomic E-state index is 0.000776. The molecule has 1 fully saturated rings. The highest BCUT2D eigenvalue weighted by atomic mass is 19.1. The van der Waals surface area contributed by atoms with E-state index in [9.17, 15) is 9.18 Å². The van der Waals surface area contributed by atoms with Gasteiger partial charge in [-0.1, -0.05) is 12.1 Å². The van der Waals surface area contributed by atoms with Crippen LogP contribution in [0.5, 0.6) is 0 Å². The van der Waals surface area contributed by atoms with Gasteiger partial charge in [-0.3, -0.25) is 4.79 Å². The smallest absolute Gasteiger partial charge is 0.237 e. The third-order valence-electron chi connectivity index (χ3n) is 3.58. The third kappa shape index (κ3) is 4.02. The molecule has 1 aromatic carbocycles. The first-order valence-corrected chi connectivity index (χ1v) is 6.89. The summed E-state index contributed by atoms with van der Waals surface area (Å²) >= 11 is 0. The summed E-state index contributed by atoms with van der Waals surface area (Å²) in [5, 5.41) is 6.13. The number of methoxy groups -OCH3 is 1. The highest BCUT2D eigenvalue weighted by Crippen LogP contribution is 2.10. The van der Waals surface area contributed by atoms with Gasteiger partial charge in [-0.05, 0) is 37.5 Å². The molecule has 0 bridgehead atoms. The van der Waals surface area contributed by atoms with E-state index in [0.717, 1.165) is 5.56 Å². The highest BCUT2D eigenvalue weighted by molar-refractivity contribution is 5.82. The topological polar surface area (TPSA) is 50.4 Å². The fraction of sp³-hybridized carbons (Fsp3) is 0.533. The molecule has 1 heterocycles. The summed E-state index contributed by atoms with van der Waals surface area (Å²) in [4.78, 5) is 12.1. The summed E-state index contributed by atoms with van der Waals surface area (Å²) in [6, 6.07) is 6.18. The maximum atomic E-state index is 12.8. The van der Waals surface area contributed by atoms with Crippen LogP contribution in [0.3, 0.4) is 0 Å². The Balaban J connectivity index is 1.80. The molecule has 3 atom stereocenters. The first-order valence-electron chi connectivity index (χ1n) is 6.89. The average molecular weight is 280 g/mol. The normalized spacial score (nSPS) is 23.6. The SMILES string of the molecule is COC1CNC(C(=O)NC(C)Cc2ccc(F)cc2)C1. The van der Waals surface area contributed by atoms with Gasteiger partial charge in [0.1, 0.15) is 5.82 Å². The molecule has 20 heavy (non-hydrogen) atoms. The van der Waals surface area contributed by atoms with E-state index in [1.807, 2.05) is 6.92 Å². The quantitative estimate of drug-likeness (QED) is 0.853. The van der Waals surface area contributed by atoms with Crippen molar-refractivity contribution in [3.8, 4) is 0 Å². The van der Waals surface area contributed by atoms with Crippen molar-refractivity contribution in [1.29, 1.82) is 0 Å². The molecule has 4 nitrogen and oxygen atoms in total. The van der Waals surface area contributed by atoms with Crippen molar-refractivity contribution in [3.05, 3.63) is 35.6 Å². The lowest BCUT2D eigenvalue weighted by molar-refractivity contribution is -0.123. The Kier molecular flexibility index (Phi) is 5.09. The van der Waals surface area contributed by atoms with Gasteiger partial charge in [0.15, 0.2) is 0 Å². The molecule has 1 saturated heterocycles. The van der Waals surface area contributed by atoms with Gasteiger partial charge in [0, 0.05) is 19.7 Å². The Morgan fingerprint density at radius 3 is 2.80 bits per heavy atom. The molecular formula is C15H21FN2O2. The lowest BCUT2D eigenvalue weighted by atomic mass is 10.1. The summed E-state index contributed by atoms with van der Waals surface area (Å²) in [6.07, 6.45) is 1.50. The van der Waals surface area contributed by atoms with Crippen LogP contribution in [0.25, 0.3) is 0 Å². The van der Waals surface area contributed by atoms with Crippen molar-refractivity contribution in [3.63, 3.8) is 0 Å². The fourth-order valence-electron chi connectivity index (χ4n) is 2.45. The second kappa shape index (κ2) is 6.81. The Labute approximate surface area is 118 Å². The zero-order valence-corrected chi connectivity index (χ0v) is 11.9. The molecule has 110 valence electrons. The number of carbonyl (C=O) groups is 1. The van der Waals surface area contributed by atoms with E-state index in [2.05, 4.69) is 10.6 Å². The van der Waals surface area contributed by atoms with Gasteiger partial charge < -0.3 is 15.4 Å². The third-order valence-corrected chi connectivity index (χ3v) is 3.58. The summed E-state index contributed by atoms with van der Waals surface area (Å²) in [5.74, 6) is -0.245. The van der Waals surface area contributed by atoms with Crippen molar-refractivity contribution < 1.29 is 13.9 Å². The number of rotatable bonds is 5. The predicted molar refractivity (Wildman–Crippen MR) is 74.9 cm³/mol. The average Bonchev–Trinajstić information content (AvgIpc) is 2.90. The Morgan fingerprint density at radius 2 is 2.20 bits per heavy atom. The van der Waals surface area contributed by atoms with Gasteiger partial charge in [0.25, 0.3) is 0 Å². The zero-order chi connectivity index (χ0) is 14.5. The number of carbonyl (C=O) groups excluding carboxylic acids is 1. The maximum absolute atomic E-state index is 12.8. The van der Waals surface area contributed by atoms with Crippen molar-refractivity contribution in [2.24, 2.45) is 0 Å². The van der Waals surface area contributed by atoms with Crippen molar-refractivity contribution in [1.82, 2.24) is 10.6 Å². The largest absolute Gasteiger partial charge is 0.380 e. The maximum Gasteiger partial charge on any atom is 0.237 e. The second-order valence-electron chi connectivity index (χ2n) is 5.29. The summed E-state index contributed by atoms with van der Waals surface area (Å²) < 4.78 is 18.0. The van der Waals surface area contributed by atoms with E-state index >= 15 is 0 Å². The van der Waals surface area contributed by atoms with Crippen LogP contribution in [0, 0.1) is 5.82 Å². The Hall–Kier alpha value is -1.46. The summed E-state index contributed by atoms with van der Waals surface area (Å²) in [5.41, 5.74) is 1.01. The molecule has 0 aromatic heterocycles. The fourth-order valence-corrected chi connectivity index (χ4v) is 2.45. The van der Waals surface area contributed by atoms with Gasteiger partial charge in [0.05, 0.1) is 12.1 Å². The first kappa shape index (κ1) is 14.9. The van der Waals surface area contributed by atoms with Crippen LogP contribution >= 0.6 is 0 Å². The number of hydrogen-bond acceptors (Lipinski definition) is 3. The van der Waals surface area contributed by atoms with Crippen LogP contribution < -0.4 is 10.6 Å². The molecule has 1 amide bonds. The second-order valence-corrected chi connectivity index (χ2v) is 5.29.